The predicted octanol–water partition coefficient (Wildman–Crippen LogP) is 8.67. The fourth-order valence-corrected chi connectivity index (χ4v) is 6.13. The van der Waals surface area contributed by atoms with E-state index in [0.717, 1.165) is 45.1 Å². The van der Waals surface area contributed by atoms with Gasteiger partial charge in [-0.3, -0.25) is 14.9 Å². The molecule has 0 atom stereocenters. The summed E-state index contributed by atoms with van der Waals surface area (Å²) in [5.41, 5.74) is 7.59. The lowest BCUT2D eigenvalue weighted by Gasteiger charge is -2.18. The highest BCUT2D eigenvalue weighted by Gasteiger charge is 2.19. The number of ether oxygens (including phenoxy) is 2. The molecule has 0 N–H and O–H groups in total. The quantitative estimate of drug-likeness (QED) is 0.0775. The Morgan fingerprint density at radius 1 is 0.940 bits per heavy atom. The van der Waals surface area contributed by atoms with Crippen LogP contribution in [0.4, 0.5) is 5.69 Å². The molecule has 6 rings (SSSR count). The normalized spacial score (nSPS) is 11.5. The van der Waals surface area contributed by atoms with Gasteiger partial charge in [-0.15, -0.1) is 0 Å². The standard InChI is InChI=1S/C40H39N5O5/c1-7-49-38-19-26(4)36(22-35(38)25(2)3)39-42-37-14-9-8-13-34(37)40(46)44(39)41-23-30-20-27(5)43(28(30)6)31-15-17-33(18-16-31)50-24-29-11-10-12-32(21-29)45(47)48/h8-23,25H,7,24H2,1-6H3. The maximum Gasteiger partial charge on any atom is 0.282 e. The van der Waals surface area contributed by atoms with E-state index >= 15 is 0 Å². The van der Waals surface area contributed by atoms with Crippen LogP contribution in [0.3, 0.4) is 0 Å². The minimum atomic E-state index is -0.417. The molecule has 6 aromatic rings. The van der Waals surface area contributed by atoms with Gasteiger partial charge in [-0.2, -0.15) is 9.78 Å². The molecular formula is C40H39N5O5. The molecule has 0 aliphatic carbocycles. The number of nitro benzene ring substituents is 1. The fraction of sp³-hybridized carbons (Fsp3) is 0.225. The molecule has 0 bridgehead atoms. The summed E-state index contributed by atoms with van der Waals surface area (Å²) in [5, 5.41) is 16.4. The number of benzene rings is 4. The Balaban J connectivity index is 1.34. The summed E-state index contributed by atoms with van der Waals surface area (Å²) in [6, 6.07) is 27.5. The first-order valence-electron chi connectivity index (χ1n) is 16.5. The van der Waals surface area contributed by atoms with Crippen LogP contribution in [0.1, 0.15) is 60.3 Å². The average molecular weight is 670 g/mol. The Bertz CT molecular complexity index is 2300. The van der Waals surface area contributed by atoms with E-state index in [-0.39, 0.29) is 23.8 Å². The SMILES string of the molecule is CCOc1cc(C)c(-c2nc3ccccc3c(=O)n2N=Cc2cc(C)n(-c3ccc(OCc4cccc([N+](=O)[O-])c4)cc3)c2C)cc1C(C)C. The predicted molar refractivity (Wildman–Crippen MR) is 197 cm³/mol. The van der Waals surface area contributed by atoms with E-state index in [4.69, 9.17) is 19.6 Å². The van der Waals surface area contributed by atoms with Crippen molar-refractivity contribution in [1.29, 1.82) is 0 Å². The number of hydrogen-bond acceptors (Lipinski definition) is 7. The number of nitro groups is 1. The molecule has 50 heavy (non-hydrogen) atoms. The van der Waals surface area contributed by atoms with Crippen LogP contribution in [-0.4, -0.2) is 32.0 Å². The average Bonchev–Trinajstić information content (AvgIpc) is 3.39. The highest BCUT2D eigenvalue weighted by Crippen LogP contribution is 2.34. The van der Waals surface area contributed by atoms with Gasteiger partial charge in [0, 0.05) is 40.3 Å². The molecular weight excluding hydrogens is 630 g/mol. The van der Waals surface area contributed by atoms with Gasteiger partial charge in [0.05, 0.1) is 28.6 Å². The molecule has 0 radical (unpaired) electrons. The zero-order valence-corrected chi connectivity index (χ0v) is 29.0. The van der Waals surface area contributed by atoms with E-state index in [1.165, 1.54) is 16.8 Å². The van der Waals surface area contributed by atoms with Crippen molar-refractivity contribution < 1.29 is 14.4 Å². The number of para-hydroxylation sites is 1. The minimum Gasteiger partial charge on any atom is -0.494 e. The van der Waals surface area contributed by atoms with Gasteiger partial charge >= 0.3 is 0 Å². The fourth-order valence-electron chi connectivity index (χ4n) is 6.13. The topological polar surface area (TPSA) is 114 Å². The van der Waals surface area contributed by atoms with Gasteiger partial charge in [0.25, 0.3) is 11.2 Å². The van der Waals surface area contributed by atoms with Crippen molar-refractivity contribution >= 4 is 22.8 Å². The van der Waals surface area contributed by atoms with Crippen LogP contribution in [-0.2, 0) is 6.61 Å². The van der Waals surface area contributed by atoms with E-state index < -0.39 is 4.92 Å². The number of hydrogen-bond donors (Lipinski definition) is 0. The van der Waals surface area contributed by atoms with Gasteiger partial charge in [-0.05, 0) is 105 Å². The summed E-state index contributed by atoms with van der Waals surface area (Å²) in [7, 11) is 0. The van der Waals surface area contributed by atoms with Gasteiger partial charge < -0.3 is 14.0 Å². The van der Waals surface area contributed by atoms with Crippen molar-refractivity contribution in [2.45, 2.75) is 54.1 Å². The second-order valence-corrected chi connectivity index (χ2v) is 12.5. The molecule has 0 amide bonds. The molecule has 10 heteroatoms. The first-order valence-corrected chi connectivity index (χ1v) is 16.5. The van der Waals surface area contributed by atoms with E-state index in [9.17, 15) is 14.9 Å². The lowest BCUT2D eigenvalue weighted by atomic mass is 9.96. The highest BCUT2D eigenvalue weighted by atomic mass is 16.6. The number of nitrogens with zero attached hydrogens (tertiary/aromatic N) is 5. The lowest BCUT2D eigenvalue weighted by Crippen LogP contribution is -2.21. The van der Waals surface area contributed by atoms with Crippen LogP contribution in [0.2, 0.25) is 0 Å². The van der Waals surface area contributed by atoms with E-state index in [1.54, 1.807) is 24.4 Å². The number of aromatic nitrogens is 3. The summed E-state index contributed by atoms with van der Waals surface area (Å²) < 4.78 is 15.4. The van der Waals surface area contributed by atoms with Crippen LogP contribution in [0.15, 0.2) is 101 Å². The maximum absolute atomic E-state index is 14.0. The van der Waals surface area contributed by atoms with Crippen molar-refractivity contribution in [2.24, 2.45) is 5.10 Å². The molecule has 0 saturated carbocycles. The van der Waals surface area contributed by atoms with Crippen molar-refractivity contribution in [2.75, 3.05) is 6.61 Å². The van der Waals surface area contributed by atoms with Gasteiger partial charge in [-0.1, -0.05) is 38.1 Å². The Labute approximate surface area is 290 Å². The number of rotatable bonds is 11. The summed E-state index contributed by atoms with van der Waals surface area (Å²) in [5.74, 6) is 2.13. The number of fused-ring (bicyclic) bond motifs is 1. The van der Waals surface area contributed by atoms with Crippen LogP contribution >= 0.6 is 0 Å². The van der Waals surface area contributed by atoms with Crippen LogP contribution in [0.5, 0.6) is 11.5 Å². The molecule has 0 aliphatic rings. The molecule has 0 unspecified atom stereocenters. The zero-order valence-electron chi connectivity index (χ0n) is 29.0. The molecule has 0 aliphatic heterocycles. The van der Waals surface area contributed by atoms with Crippen molar-refractivity contribution in [3.05, 3.63) is 145 Å². The zero-order chi connectivity index (χ0) is 35.5. The molecule has 0 fully saturated rings. The van der Waals surface area contributed by atoms with E-state index in [2.05, 4.69) is 24.5 Å². The first kappa shape index (κ1) is 33.9. The lowest BCUT2D eigenvalue weighted by molar-refractivity contribution is -0.384. The summed E-state index contributed by atoms with van der Waals surface area (Å²) in [4.78, 5) is 29.6. The molecule has 254 valence electrons. The molecule has 0 spiro atoms. The van der Waals surface area contributed by atoms with Crippen molar-refractivity contribution in [3.63, 3.8) is 0 Å². The van der Waals surface area contributed by atoms with Gasteiger partial charge in [0.2, 0.25) is 0 Å². The summed E-state index contributed by atoms with van der Waals surface area (Å²) in [6.45, 7) is 13.0. The van der Waals surface area contributed by atoms with Gasteiger partial charge in [0.1, 0.15) is 18.1 Å². The second kappa shape index (κ2) is 14.2. The Morgan fingerprint density at radius 2 is 1.70 bits per heavy atom. The van der Waals surface area contributed by atoms with Gasteiger partial charge in [-0.25, -0.2) is 4.98 Å². The first-order chi connectivity index (χ1) is 24.0. The third kappa shape index (κ3) is 6.78. The van der Waals surface area contributed by atoms with Crippen LogP contribution in [0.25, 0.3) is 28.0 Å². The smallest absolute Gasteiger partial charge is 0.282 e. The van der Waals surface area contributed by atoms with Crippen molar-refractivity contribution in [3.8, 4) is 28.6 Å². The monoisotopic (exact) mass is 669 g/mol. The van der Waals surface area contributed by atoms with Crippen LogP contribution in [0, 0.1) is 30.9 Å². The Hall–Kier alpha value is -6.03. The molecule has 10 nitrogen and oxygen atoms in total. The third-order valence-corrected chi connectivity index (χ3v) is 8.68. The highest BCUT2D eigenvalue weighted by molar-refractivity contribution is 5.84. The minimum absolute atomic E-state index is 0.0314. The maximum atomic E-state index is 14.0. The Kier molecular flexibility index (Phi) is 9.63. The molecule has 4 aromatic carbocycles. The molecule has 2 heterocycles. The Morgan fingerprint density at radius 3 is 2.42 bits per heavy atom. The molecule has 0 saturated heterocycles. The third-order valence-electron chi connectivity index (χ3n) is 8.68. The largest absolute Gasteiger partial charge is 0.494 e. The second-order valence-electron chi connectivity index (χ2n) is 12.5. The number of aryl methyl sites for hydroxylation is 2. The number of non-ortho nitro benzene ring substituents is 1. The van der Waals surface area contributed by atoms with Crippen LogP contribution < -0.4 is 15.0 Å². The summed E-state index contributed by atoms with van der Waals surface area (Å²) >= 11 is 0. The van der Waals surface area contributed by atoms with E-state index in [1.807, 2.05) is 82.3 Å². The summed E-state index contributed by atoms with van der Waals surface area (Å²) in [6.07, 6.45) is 1.71. The molecule has 2 aromatic heterocycles. The van der Waals surface area contributed by atoms with Gasteiger partial charge in [0.15, 0.2) is 5.82 Å². The van der Waals surface area contributed by atoms with Crippen molar-refractivity contribution in [1.82, 2.24) is 14.2 Å². The van der Waals surface area contributed by atoms with E-state index in [0.29, 0.717) is 34.6 Å².